The lowest BCUT2D eigenvalue weighted by atomic mass is 9.98. The van der Waals surface area contributed by atoms with Crippen molar-refractivity contribution in [3.8, 4) is 5.75 Å². The van der Waals surface area contributed by atoms with Crippen LogP contribution >= 0.6 is 7.60 Å². The zero-order valence-electron chi connectivity index (χ0n) is 26.3. The highest BCUT2D eigenvalue weighted by molar-refractivity contribution is 7.54. The van der Waals surface area contributed by atoms with Gasteiger partial charge in [0.25, 0.3) is 5.56 Å². The number of ether oxygens (including phenoxy) is 4. The van der Waals surface area contributed by atoms with E-state index in [4.69, 9.17) is 23.3 Å². The van der Waals surface area contributed by atoms with Gasteiger partial charge < -0.3 is 33.9 Å². The Labute approximate surface area is 268 Å². The van der Waals surface area contributed by atoms with Crippen LogP contribution in [0.5, 0.6) is 5.75 Å². The predicted molar refractivity (Wildman–Crippen MR) is 160 cm³/mol. The van der Waals surface area contributed by atoms with Crippen molar-refractivity contribution in [2.24, 2.45) is 0 Å². The topological polar surface area (TPSA) is 212 Å². The molecule has 17 nitrogen and oxygen atoms in total. The van der Waals surface area contributed by atoms with Crippen molar-refractivity contribution in [3.63, 3.8) is 0 Å². The average Bonchev–Trinajstić information content (AvgIpc) is 3.25. The van der Waals surface area contributed by atoms with Gasteiger partial charge in [-0.3, -0.25) is 28.8 Å². The Hall–Kier alpha value is -4.09. The third-order valence-corrected chi connectivity index (χ3v) is 8.30. The zero-order valence-corrected chi connectivity index (χ0v) is 27.2. The molecule has 1 fully saturated rings. The summed E-state index contributed by atoms with van der Waals surface area (Å²) in [6, 6.07) is 7.94. The van der Waals surface area contributed by atoms with Crippen LogP contribution in [0.4, 0.5) is 9.18 Å². The summed E-state index contributed by atoms with van der Waals surface area (Å²) in [6.07, 6.45) is -6.12. The number of aliphatic hydroxyl groups excluding tert-OH is 1. The first-order valence-corrected chi connectivity index (χ1v) is 16.0. The first-order chi connectivity index (χ1) is 22.1. The number of alkyl halides is 1. The maximum absolute atomic E-state index is 16.0. The molecule has 0 bridgehead atoms. The molecular formula is C28H38FN4O13P. The van der Waals surface area contributed by atoms with E-state index in [9.17, 15) is 33.6 Å². The smallest absolute Gasteiger partial charge is 0.407 e. The monoisotopic (exact) mass is 688 g/mol. The standard InChI is InChI=1S/C28H38FN4O13P/c1-17(2)44-24(37)18(3)31-15-47(40,46-19-9-7-6-8-10-19)43-14-20-23(36)28(4,29)25(45-20)32-12-11-21(34)33(27(32)39)16-42-22(35)13-30-26(38)41-5/h6-12,17-18,20,23,25,31,36H,13-16H2,1-5H3,(H,30,38)/t18-,20+,23+,25+,28+,47?/m0/s1. The van der Waals surface area contributed by atoms with Crippen LogP contribution in [-0.2, 0) is 44.4 Å². The van der Waals surface area contributed by atoms with Crippen molar-refractivity contribution < 1.29 is 56.4 Å². The number of alkyl carbamates (subject to hydrolysis) is 1. The van der Waals surface area contributed by atoms with Crippen LogP contribution in [0.25, 0.3) is 0 Å². The second-order valence-corrected chi connectivity index (χ2v) is 12.7. The number of carbonyl (C=O) groups excluding carboxylic acids is 3. The molecule has 0 aliphatic carbocycles. The normalized spacial score (nSPS) is 22.6. The first kappa shape index (κ1) is 37.4. The lowest BCUT2D eigenvalue weighted by molar-refractivity contribution is -0.149. The highest BCUT2D eigenvalue weighted by Gasteiger charge is 2.56. The van der Waals surface area contributed by atoms with E-state index < -0.39 is 99.3 Å². The molecule has 1 saturated heterocycles. The van der Waals surface area contributed by atoms with E-state index in [0.717, 1.165) is 26.3 Å². The van der Waals surface area contributed by atoms with Gasteiger partial charge in [-0.2, -0.15) is 0 Å². The number of halogens is 1. The van der Waals surface area contributed by atoms with Crippen LogP contribution < -0.4 is 26.4 Å². The molecule has 19 heteroatoms. The van der Waals surface area contributed by atoms with E-state index in [-0.39, 0.29) is 5.75 Å². The van der Waals surface area contributed by atoms with E-state index in [1.807, 2.05) is 0 Å². The fourth-order valence-electron chi connectivity index (χ4n) is 4.18. The number of hydrogen-bond acceptors (Lipinski definition) is 14. The Morgan fingerprint density at radius 3 is 2.47 bits per heavy atom. The van der Waals surface area contributed by atoms with Crippen molar-refractivity contribution >= 4 is 25.6 Å². The third kappa shape index (κ3) is 9.95. The zero-order chi connectivity index (χ0) is 34.9. The van der Waals surface area contributed by atoms with E-state index >= 15 is 4.39 Å². The van der Waals surface area contributed by atoms with Crippen LogP contribution in [0, 0.1) is 0 Å². The van der Waals surface area contributed by atoms with Gasteiger partial charge in [-0.1, -0.05) is 18.2 Å². The van der Waals surface area contributed by atoms with Crippen molar-refractivity contribution in [1.82, 2.24) is 19.8 Å². The number of hydrogen-bond donors (Lipinski definition) is 3. The second kappa shape index (κ2) is 16.1. The molecule has 1 aliphatic rings. The fraction of sp³-hybridized carbons (Fsp3) is 0.536. The van der Waals surface area contributed by atoms with Crippen LogP contribution in [0.3, 0.4) is 0 Å². The van der Waals surface area contributed by atoms with Gasteiger partial charge in [0.15, 0.2) is 18.6 Å². The molecule has 0 radical (unpaired) electrons. The minimum atomic E-state index is -4.17. The van der Waals surface area contributed by atoms with Crippen LogP contribution in [-0.4, -0.2) is 88.8 Å². The number of nitrogens with one attached hydrogen (secondary N) is 2. The van der Waals surface area contributed by atoms with E-state index in [1.165, 1.54) is 19.1 Å². The van der Waals surface area contributed by atoms with Crippen LogP contribution in [0.2, 0.25) is 0 Å². The summed E-state index contributed by atoms with van der Waals surface area (Å²) in [7, 11) is -3.09. The molecule has 1 aliphatic heterocycles. The number of esters is 2. The fourth-order valence-corrected chi connectivity index (χ4v) is 5.71. The Balaban J connectivity index is 1.77. The molecule has 1 amide bonds. The van der Waals surface area contributed by atoms with Gasteiger partial charge in [0.1, 0.15) is 36.8 Å². The SMILES string of the molecule is COC(=O)NCC(=O)OCn1c(=O)ccn([C@@H]2O[C@H](COP(=O)(CN[C@@H](C)C(=O)OC(C)C)Oc3ccccc3)[C@@H](O)[C@@]2(C)F)c1=O. The number of amides is 1. The molecule has 47 heavy (non-hydrogen) atoms. The molecule has 1 aromatic carbocycles. The molecule has 260 valence electrons. The number of carbonyl (C=O) groups is 3. The highest BCUT2D eigenvalue weighted by Crippen LogP contribution is 2.49. The summed E-state index contributed by atoms with van der Waals surface area (Å²) in [5.74, 6) is -1.47. The average molecular weight is 689 g/mol. The number of aliphatic hydroxyl groups is 1. The van der Waals surface area contributed by atoms with Crippen LogP contribution in [0.1, 0.15) is 33.9 Å². The quantitative estimate of drug-likeness (QED) is 0.136. The molecular weight excluding hydrogens is 650 g/mol. The summed E-state index contributed by atoms with van der Waals surface area (Å²) < 4.78 is 62.1. The third-order valence-electron chi connectivity index (χ3n) is 6.70. The summed E-state index contributed by atoms with van der Waals surface area (Å²) in [5, 5.41) is 15.6. The molecule has 0 spiro atoms. The highest BCUT2D eigenvalue weighted by atomic mass is 31.2. The van der Waals surface area contributed by atoms with E-state index in [0.29, 0.717) is 9.13 Å². The second-order valence-electron chi connectivity index (χ2n) is 10.8. The maximum atomic E-state index is 16.0. The molecule has 3 rings (SSSR count). The first-order valence-electron chi connectivity index (χ1n) is 14.3. The molecule has 1 unspecified atom stereocenters. The predicted octanol–water partition coefficient (Wildman–Crippen LogP) is 1.03. The van der Waals surface area contributed by atoms with E-state index in [1.54, 1.807) is 32.0 Å². The molecule has 6 atom stereocenters. The Bertz CT molecular complexity index is 1570. The van der Waals surface area contributed by atoms with E-state index in [2.05, 4.69) is 15.4 Å². The minimum Gasteiger partial charge on any atom is -0.462 e. The Morgan fingerprint density at radius 2 is 1.83 bits per heavy atom. The van der Waals surface area contributed by atoms with Crippen LogP contribution in [0.15, 0.2) is 52.2 Å². The summed E-state index contributed by atoms with van der Waals surface area (Å²) in [5.41, 5.74) is -4.71. The van der Waals surface area contributed by atoms with Gasteiger partial charge in [0.05, 0.1) is 19.8 Å². The number of rotatable bonds is 15. The number of para-hydroxylation sites is 1. The van der Waals surface area contributed by atoms with Gasteiger partial charge in [-0.05, 0) is 39.8 Å². The van der Waals surface area contributed by atoms with Gasteiger partial charge in [-0.25, -0.2) is 23.1 Å². The molecule has 3 N–H and O–H groups in total. The van der Waals surface area contributed by atoms with Crippen molar-refractivity contribution in [2.45, 2.75) is 70.7 Å². The summed E-state index contributed by atoms with van der Waals surface area (Å²) in [4.78, 5) is 60.8. The number of methoxy groups -OCH3 is 1. The van der Waals surface area contributed by atoms with Gasteiger partial charge in [0, 0.05) is 12.3 Å². The number of nitrogens with zero attached hydrogens (tertiary/aromatic N) is 2. The molecule has 1 aromatic heterocycles. The Kier molecular flexibility index (Phi) is 12.8. The van der Waals surface area contributed by atoms with Crippen molar-refractivity contribution in [2.75, 3.05) is 26.5 Å². The largest absolute Gasteiger partial charge is 0.462 e. The van der Waals surface area contributed by atoms with Crippen molar-refractivity contribution in [1.29, 1.82) is 0 Å². The summed E-state index contributed by atoms with van der Waals surface area (Å²) in [6.45, 7) is 3.57. The maximum Gasteiger partial charge on any atom is 0.407 e. The summed E-state index contributed by atoms with van der Waals surface area (Å²) >= 11 is 0. The minimum absolute atomic E-state index is 0.159. The molecule has 2 heterocycles. The van der Waals surface area contributed by atoms with Gasteiger partial charge >= 0.3 is 31.3 Å². The number of benzene rings is 1. The van der Waals surface area contributed by atoms with Gasteiger partial charge in [-0.15, -0.1) is 0 Å². The lowest BCUT2D eigenvalue weighted by Crippen LogP contribution is -2.47. The molecule has 0 saturated carbocycles. The lowest BCUT2D eigenvalue weighted by Gasteiger charge is -2.25. The Morgan fingerprint density at radius 1 is 1.15 bits per heavy atom. The van der Waals surface area contributed by atoms with Gasteiger partial charge in [0.2, 0.25) is 0 Å². The number of aromatic nitrogens is 2. The molecule has 2 aromatic rings. The van der Waals surface area contributed by atoms with Crippen molar-refractivity contribution in [3.05, 3.63) is 63.4 Å².